The quantitative estimate of drug-likeness (QED) is 0.126. The van der Waals surface area contributed by atoms with E-state index in [1.165, 1.54) is 76.6 Å². The zero-order chi connectivity index (χ0) is 93.4. The third-order valence-corrected chi connectivity index (χ3v) is 27.4. The molecule has 14 heteroatoms. The van der Waals surface area contributed by atoms with E-state index in [0.29, 0.717) is 51.3 Å². The van der Waals surface area contributed by atoms with E-state index in [1.54, 1.807) is 0 Å². The fourth-order valence-corrected chi connectivity index (χ4v) is 21.3. The van der Waals surface area contributed by atoms with Gasteiger partial charge in [-0.1, -0.05) is 253 Å². The summed E-state index contributed by atoms with van der Waals surface area (Å²) in [7, 11) is 0. The summed E-state index contributed by atoms with van der Waals surface area (Å²) in [5.41, 5.74) is 30.9. The van der Waals surface area contributed by atoms with Crippen LogP contribution in [0.25, 0.3) is 236 Å². The van der Waals surface area contributed by atoms with Crippen LogP contribution in [0.15, 0.2) is 413 Å². The topological polar surface area (TPSA) is 129 Å². The standard InChI is InChI=1S/C57H36N6.C36H26N4.C32H18N4/c1-3-15-37(16-4-1)55-58-56(38-17-5-2-6-18-38)60-57(59-55)39-27-29-40(30-28-39)61-53-33-31-41(62-49-23-11-7-19-43(49)44-20-8-12-24-50(44)62)35-47(53)48-36-42(32-34-54(48)61)63-51-25-13-9-21-45(51)46-22-10-14-26-52(46)63;1-21-6-10-31-26(14-21)27-15-22(2)7-11-32(27)39(31)35-19-30(38-5)36(18-25(35)20-37)40-33-12-8-23(3)16-28(33)29-17-24(4)9-13-34(29)40;1-34-26-19-31(35-27-14-6-2-10-22(27)23-11-3-7-15-28(23)35)21(20-33)18-32(26)36-29-16-8-4-12-24(29)25-13-5-9-17-30(25)36/h1-36H;6-19H,1-4H3;2-19H. The molecule has 650 valence electrons. The molecule has 0 atom stereocenters. The molecule has 0 aliphatic carbocycles. The highest BCUT2D eigenvalue weighted by Gasteiger charge is 2.27. The van der Waals surface area contributed by atoms with Gasteiger partial charge in [-0.05, 0) is 210 Å². The summed E-state index contributed by atoms with van der Waals surface area (Å²) in [4.78, 5) is 22.9. The van der Waals surface area contributed by atoms with Crippen LogP contribution in [0, 0.1) is 63.5 Å². The molecule has 8 aromatic heterocycles. The predicted molar refractivity (Wildman–Crippen MR) is 570 cm³/mol. The molecule has 0 aliphatic heterocycles. The fraction of sp³-hybridized carbons (Fsp3) is 0.0320. The van der Waals surface area contributed by atoms with Gasteiger partial charge in [-0.25, -0.2) is 24.6 Å². The van der Waals surface area contributed by atoms with E-state index >= 15 is 0 Å². The van der Waals surface area contributed by atoms with Gasteiger partial charge in [0, 0.05) is 109 Å². The maximum absolute atomic E-state index is 10.5. The Morgan fingerprint density at radius 1 is 0.201 bits per heavy atom. The molecule has 0 saturated carbocycles. The van der Waals surface area contributed by atoms with Gasteiger partial charge in [-0.2, -0.15) is 10.5 Å². The molecular weight excluding hydrogens is 1700 g/mol. The number of fused-ring (bicyclic) bond motifs is 21. The Morgan fingerprint density at radius 3 is 0.698 bits per heavy atom. The van der Waals surface area contributed by atoms with E-state index in [2.05, 4.69) is 361 Å². The predicted octanol–water partition coefficient (Wildman–Crippen LogP) is 32.0. The summed E-state index contributed by atoms with van der Waals surface area (Å²) < 4.78 is 15.7. The average Bonchev–Trinajstić information content (AvgIpc) is 1.57. The summed E-state index contributed by atoms with van der Waals surface area (Å²) in [6.07, 6.45) is 0. The first kappa shape index (κ1) is 81.7. The Labute approximate surface area is 798 Å². The van der Waals surface area contributed by atoms with Crippen molar-refractivity contribution < 1.29 is 0 Å². The van der Waals surface area contributed by atoms with Gasteiger partial charge < -0.3 is 32.0 Å². The van der Waals surface area contributed by atoms with Gasteiger partial charge in [-0.15, -0.1) is 0 Å². The van der Waals surface area contributed by atoms with Crippen molar-refractivity contribution in [3.63, 3.8) is 0 Å². The first-order valence-corrected chi connectivity index (χ1v) is 46.4. The van der Waals surface area contributed by atoms with E-state index in [0.717, 1.165) is 143 Å². The molecule has 0 fully saturated rings. The first-order chi connectivity index (χ1) is 68.4. The molecule has 0 aliphatic rings. The summed E-state index contributed by atoms with van der Waals surface area (Å²) >= 11 is 0. The first-order valence-electron chi connectivity index (χ1n) is 46.4. The third-order valence-electron chi connectivity index (χ3n) is 27.4. The lowest BCUT2D eigenvalue weighted by Gasteiger charge is -2.16. The van der Waals surface area contributed by atoms with E-state index < -0.39 is 0 Å². The number of nitriles is 2. The van der Waals surface area contributed by atoms with Crippen molar-refractivity contribution in [2.45, 2.75) is 27.7 Å². The second-order valence-electron chi connectivity index (χ2n) is 35.7. The molecule has 19 aromatic carbocycles. The van der Waals surface area contributed by atoms with Gasteiger partial charge in [0.15, 0.2) is 17.5 Å². The highest BCUT2D eigenvalue weighted by Crippen LogP contribution is 2.47. The van der Waals surface area contributed by atoms with Crippen LogP contribution in [-0.2, 0) is 0 Å². The molecule has 0 unspecified atom stereocenters. The zero-order valence-corrected chi connectivity index (χ0v) is 76.0. The molecule has 8 heterocycles. The van der Waals surface area contributed by atoms with Crippen LogP contribution in [0.2, 0.25) is 0 Å². The van der Waals surface area contributed by atoms with Crippen LogP contribution in [0.5, 0.6) is 0 Å². The van der Waals surface area contributed by atoms with E-state index in [4.69, 9.17) is 28.1 Å². The van der Waals surface area contributed by atoms with Crippen LogP contribution in [0.4, 0.5) is 11.4 Å². The molecule has 0 N–H and O–H groups in total. The molecule has 14 nitrogen and oxygen atoms in total. The Kier molecular flexibility index (Phi) is 19.3. The zero-order valence-electron chi connectivity index (χ0n) is 76.0. The summed E-state index contributed by atoms with van der Waals surface area (Å²) in [6, 6.07) is 148. The van der Waals surface area contributed by atoms with Crippen molar-refractivity contribution in [3.8, 4) is 86.1 Å². The van der Waals surface area contributed by atoms with Crippen molar-refractivity contribution in [1.82, 2.24) is 46.9 Å². The molecule has 0 radical (unpaired) electrons. The van der Waals surface area contributed by atoms with Gasteiger partial charge in [0.1, 0.15) is 12.1 Å². The molecule has 0 saturated heterocycles. The number of aromatic nitrogens is 10. The van der Waals surface area contributed by atoms with Crippen molar-refractivity contribution in [1.29, 1.82) is 10.5 Å². The lowest BCUT2D eigenvalue weighted by atomic mass is 10.1. The smallest absolute Gasteiger partial charge is 0.212 e. The number of rotatable bonds is 10. The molecule has 0 amide bonds. The van der Waals surface area contributed by atoms with Gasteiger partial charge in [0.05, 0.1) is 124 Å². The van der Waals surface area contributed by atoms with Gasteiger partial charge in [0.2, 0.25) is 11.4 Å². The number of hydrogen-bond donors (Lipinski definition) is 0. The maximum Gasteiger partial charge on any atom is 0.212 e. The second-order valence-corrected chi connectivity index (χ2v) is 35.7. The fourth-order valence-electron chi connectivity index (χ4n) is 21.3. The van der Waals surface area contributed by atoms with Crippen LogP contribution in [0.3, 0.4) is 0 Å². The monoisotopic (exact) mass is 1780 g/mol. The molecule has 27 rings (SSSR count). The Morgan fingerprint density at radius 2 is 0.417 bits per heavy atom. The third kappa shape index (κ3) is 13.3. The lowest BCUT2D eigenvalue weighted by molar-refractivity contribution is 1.07. The summed E-state index contributed by atoms with van der Waals surface area (Å²) in [5.74, 6) is 1.91. The Balaban J connectivity index is 0.000000117. The number of nitrogens with zero attached hydrogens (tertiary/aromatic N) is 14. The van der Waals surface area contributed by atoms with Crippen molar-refractivity contribution in [2.24, 2.45) is 0 Å². The van der Waals surface area contributed by atoms with Crippen LogP contribution < -0.4 is 0 Å². The highest BCUT2D eigenvalue weighted by atomic mass is 15.1. The number of benzene rings is 19. The molecule has 0 bridgehead atoms. The molecule has 0 spiro atoms. The molecule has 27 aromatic rings. The van der Waals surface area contributed by atoms with Crippen LogP contribution >= 0.6 is 0 Å². The normalized spacial score (nSPS) is 11.6. The SMILES string of the molecule is [C-]#[N+]c1cc(-n2c3ccc(C)cc3c3cc(C)ccc32)c(C#N)cc1-n1c2ccc(C)cc2c2cc(C)ccc21.[C-]#[N+]c1cc(-n2c3ccccc3c3ccccc32)c(C#N)cc1-n1c2ccccc2c2ccccc21.c1ccc(-c2nc(-c3ccccc3)nc(-c3ccc(-n4c5ccc(-n6c7ccccc7c7ccccc76)cc5c5cc(-n6c7ccccc7c7ccccc76)ccc54)cc3)n2)cc1. The molecular formula is C125H80N14. The van der Waals surface area contributed by atoms with E-state index in [-0.39, 0.29) is 0 Å². The minimum Gasteiger partial charge on any atom is -0.319 e. The van der Waals surface area contributed by atoms with E-state index in [9.17, 15) is 10.5 Å². The Hall–Kier alpha value is -19.3. The number of para-hydroxylation sites is 8. The van der Waals surface area contributed by atoms with Crippen molar-refractivity contribution in [2.75, 3.05) is 0 Å². The van der Waals surface area contributed by atoms with Crippen molar-refractivity contribution in [3.05, 3.63) is 469 Å². The van der Waals surface area contributed by atoms with Gasteiger partial charge in [-0.3, -0.25) is 0 Å². The highest BCUT2D eigenvalue weighted by molar-refractivity contribution is 6.17. The van der Waals surface area contributed by atoms with Crippen LogP contribution in [0.1, 0.15) is 33.4 Å². The minimum atomic E-state index is 0.498. The molecule has 139 heavy (non-hydrogen) atoms. The Bertz CT molecular complexity index is 9140. The largest absolute Gasteiger partial charge is 0.319 e. The second kappa shape index (κ2) is 32.9. The minimum absolute atomic E-state index is 0.498. The van der Waals surface area contributed by atoms with E-state index in [1.807, 2.05) is 133 Å². The van der Waals surface area contributed by atoms with Crippen molar-refractivity contribution >= 4 is 164 Å². The average molecular weight is 1780 g/mol. The van der Waals surface area contributed by atoms with Crippen LogP contribution in [-0.4, -0.2) is 46.9 Å². The summed E-state index contributed by atoms with van der Waals surface area (Å²) in [6.45, 7) is 24.7. The summed E-state index contributed by atoms with van der Waals surface area (Å²) in [5, 5.41) is 37.2. The number of hydrogen-bond acceptors (Lipinski definition) is 5. The van der Waals surface area contributed by atoms with Gasteiger partial charge >= 0.3 is 0 Å². The van der Waals surface area contributed by atoms with Gasteiger partial charge in [0.25, 0.3) is 0 Å². The number of aryl methyl sites for hydroxylation is 4. The maximum atomic E-state index is 10.5. The lowest BCUT2D eigenvalue weighted by Crippen LogP contribution is -2.01.